The van der Waals surface area contributed by atoms with E-state index in [1.165, 1.54) is 12.1 Å². The van der Waals surface area contributed by atoms with Crippen LogP contribution in [0.5, 0.6) is 5.88 Å². The zero-order valence-electron chi connectivity index (χ0n) is 7.80. The summed E-state index contributed by atoms with van der Waals surface area (Å²) in [6, 6.07) is 4.66. The molecule has 0 aliphatic heterocycles. The number of aryl methyl sites for hydroxylation is 1. The van der Waals surface area contributed by atoms with Gasteiger partial charge in [-0.25, -0.2) is 4.98 Å². The van der Waals surface area contributed by atoms with Crippen LogP contribution >= 0.6 is 0 Å². The average molecular weight is 216 g/mol. The van der Waals surface area contributed by atoms with Crippen molar-refractivity contribution in [3.05, 3.63) is 23.4 Å². The second-order valence-electron chi connectivity index (χ2n) is 2.80. The molecule has 0 aliphatic rings. The van der Waals surface area contributed by atoms with Gasteiger partial charge >= 0.3 is 6.36 Å². The Hall–Kier alpha value is -1.77. The van der Waals surface area contributed by atoms with Gasteiger partial charge in [0.05, 0.1) is 12.5 Å². The minimum absolute atomic E-state index is 0.125. The largest absolute Gasteiger partial charge is 0.574 e. The van der Waals surface area contributed by atoms with Gasteiger partial charge in [-0.3, -0.25) is 0 Å². The van der Waals surface area contributed by atoms with Crippen molar-refractivity contribution >= 4 is 0 Å². The Morgan fingerprint density at radius 1 is 1.47 bits per heavy atom. The summed E-state index contributed by atoms with van der Waals surface area (Å²) in [5.74, 6) is -0.552. The smallest absolute Gasteiger partial charge is 0.388 e. The number of nitriles is 1. The van der Waals surface area contributed by atoms with E-state index in [4.69, 9.17) is 5.26 Å². The Bertz CT molecular complexity index is 395. The molecule has 1 heterocycles. The molecule has 0 aromatic carbocycles. The molecule has 0 unspecified atom stereocenters. The molecular weight excluding hydrogens is 209 g/mol. The zero-order valence-corrected chi connectivity index (χ0v) is 7.80. The van der Waals surface area contributed by atoms with E-state index >= 15 is 0 Å². The van der Waals surface area contributed by atoms with E-state index in [0.717, 1.165) is 0 Å². The van der Waals surface area contributed by atoms with Crippen LogP contribution in [-0.2, 0) is 6.42 Å². The molecule has 1 rings (SSSR count). The van der Waals surface area contributed by atoms with E-state index in [-0.39, 0.29) is 12.0 Å². The number of nitrogens with zero attached hydrogens (tertiary/aromatic N) is 2. The third kappa shape index (κ3) is 3.46. The first-order chi connectivity index (χ1) is 6.92. The molecule has 0 N–H and O–H groups in total. The van der Waals surface area contributed by atoms with Crippen LogP contribution in [0, 0.1) is 18.3 Å². The highest BCUT2D eigenvalue weighted by molar-refractivity contribution is 5.30. The molecule has 1 aromatic rings. The monoisotopic (exact) mass is 216 g/mol. The van der Waals surface area contributed by atoms with E-state index in [1.807, 2.05) is 0 Å². The van der Waals surface area contributed by atoms with Crippen molar-refractivity contribution in [1.82, 2.24) is 4.98 Å². The van der Waals surface area contributed by atoms with Gasteiger partial charge in [-0.1, -0.05) is 6.07 Å². The summed E-state index contributed by atoms with van der Waals surface area (Å²) < 4.78 is 39.5. The van der Waals surface area contributed by atoms with Crippen molar-refractivity contribution in [1.29, 1.82) is 5.26 Å². The molecule has 0 radical (unpaired) electrons. The summed E-state index contributed by atoms with van der Waals surface area (Å²) in [6.07, 6.45) is -4.95. The molecule has 6 heteroatoms. The minimum Gasteiger partial charge on any atom is -0.388 e. The zero-order chi connectivity index (χ0) is 11.5. The minimum atomic E-state index is -4.79. The number of aromatic nitrogens is 1. The van der Waals surface area contributed by atoms with Gasteiger partial charge in [-0.15, -0.1) is 13.2 Å². The van der Waals surface area contributed by atoms with E-state index in [0.29, 0.717) is 5.69 Å². The number of hydrogen-bond donors (Lipinski definition) is 0. The fourth-order valence-corrected chi connectivity index (χ4v) is 0.979. The Labute approximate surface area is 84.1 Å². The molecular formula is C9H7F3N2O. The maximum atomic E-state index is 11.9. The van der Waals surface area contributed by atoms with Crippen LogP contribution in [0.3, 0.4) is 0 Å². The maximum absolute atomic E-state index is 11.9. The molecule has 1 aromatic heterocycles. The van der Waals surface area contributed by atoms with Crippen LogP contribution in [0.15, 0.2) is 12.1 Å². The lowest BCUT2D eigenvalue weighted by Crippen LogP contribution is -2.19. The number of hydrogen-bond acceptors (Lipinski definition) is 3. The third-order valence-corrected chi connectivity index (χ3v) is 1.56. The predicted octanol–water partition coefficient (Wildman–Crippen LogP) is 2.35. The molecule has 0 saturated heterocycles. The number of pyridine rings is 1. The van der Waals surface area contributed by atoms with Gasteiger partial charge in [-0.05, 0) is 13.0 Å². The van der Waals surface area contributed by atoms with Crippen molar-refractivity contribution in [3.63, 3.8) is 0 Å². The SMILES string of the molecule is Cc1ccc(CC#N)c(OC(F)(F)F)n1. The second kappa shape index (κ2) is 4.17. The summed E-state index contributed by atoms with van der Waals surface area (Å²) >= 11 is 0. The lowest BCUT2D eigenvalue weighted by Gasteiger charge is -2.10. The predicted molar refractivity (Wildman–Crippen MR) is 45.0 cm³/mol. The van der Waals surface area contributed by atoms with Gasteiger partial charge in [0.25, 0.3) is 0 Å². The Balaban J connectivity index is 3.03. The van der Waals surface area contributed by atoms with Crippen LogP contribution in [0.4, 0.5) is 13.2 Å². The van der Waals surface area contributed by atoms with Gasteiger partial charge in [0.1, 0.15) is 0 Å². The first-order valence-corrected chi connectivity index (χ1v) is 4.01. The van der Waals surface area contributed by atoms with Gasteiger partial charge < -0.3 is 4.74 Å². The maximum Gasteiger partial charge on any atom is 0.574 e. The van der Waals surface area contributed by atoms with Crippen molar-refractivity contribution in [2.45, 2.75) is 19.7 Å². The van der Waals surface area contributed by atoms with Gasteiger partial charge in [-0.2, -0.15) is 5.26 Å². The molecule has 0 fully saturated rings. The van der Waals surface area contributed by atoms with Crippen LogP contribution in [0.1, 0.15) is 11.3 Å². The van der Waals surface area contributed by atoms with Crippen molar-refractivity contribution in [2.24, 2.45) is 0 Å². The number of rotatable bonds is 2. The first kappa shape index (κ1) is 11.3. The highest BCUT2D eigenvalue weighted by atomic mass is 19.4. The molecule has 0 saturated carbocycles. The summed E-state index contributed by atoms with van der Waals surface area (Å²) in [5.41, 5.74) is 0.524. The highest BCUT2D eigenvalue weighted by Crippen LogP contribution is 2.24. The molecule has 0 aliphatic carbocycles. The fourth-order valence-electron chi connectivity index (χ4n) is 0.979. The van der Waals surface area contributed by atoms with Crippen LogP contribution in [-0.4, -0.2) is 11.3 Å². The summed E-state index contributed by atoms with van der Waals surface area (Å²) in [6.45, 7) is 1.54. The van der Waals surface area contributed by atoms with Gasteiger partial charge in [0.15, 0.2) is 0 Å². The van der Waals surface area contributed by atoms with Crippen LogP contribution in [0.25, 0.3) is 0 Å². The van der Waals surface area contributed by atoms with Crippen molar-refractivity contribution in [3.8, 4) is 11.9 Å². The second-order valence-corrected chi connectivity index (χ2v) is 2.80. The lowest BCUT2D eigenvalue weighted by molar-refractivity contribution is -0.276. The van der Waals surface area contributed by atoms with Gasteiger partial charge in [0, 0.05) is 11.3 Å². The summed E-state index contributed by atoms with van der Waals surface area (Å²) in [7, 11) is 0. The van der Waals surface area contributed by atoms with Gasteiger partial charge in [0.2, 0.25) is 5.88 Å². The quantitative estimate of drug-likeness (QED) is 0.762. The average Bonchev–Trinajstić information content (AvgIpc) is 2.07. The van der Waals surface area contributed by atoms with E-state index < -0.39 is 12.2 Å². The van der Waals surface area contributed by atoms with Crippen LogP contribution < -0.4 is 4.74 Å². The molecule has 0 spiro atoms. The fraction of sp³-hybridized carbons (Fsp3) is 0.333. The Morgan fingerprint density at radius 2 is 2.13 bits per heavy atom. The number of alkyl halides is 3. The topological polar surface area (TPSA) is 45.9 Å². The molecule has 0 bridgehead atoms. The van der Waals surface area contributed by atoms with E-state index in [9.17, 15) is 13.2 Å². The number of halogens is 3. The van der Waals surface area contributed by atoms with E-state index in [2.05, 4.69) is 9.72 Å². The molecule has 80 valence electrons. The van der Waals surface area contributed by atoms with E-state index in [1.54, 1.807) is 13.0 Å². The molecule has 15 heavy (non-hydrogen) atoms. The Morgan fingerprint density at radius 3 is 2.67 bits per heavy atom. The van der Waals surface area contributed by atoms with Crippen LogP contribution in [0.2, 0.25) is 0 Å². The molecule has 0 atom stereocenters. The van der Waals surface area contributed by atoms with Crippen molar-refractivity contribution in [2.75, 3.05) is 0 Å². The Kier molecular flexibility index (Phi) is 3.14. The van der Waals surface area contributed by atoms with Crippen molar-refractivity contribution < 1.29 is 17.9 Å². The molecule has 0 amide bonds. The summed E-state index contributed by atoms with van der Waals surface area (Å²) in [5, 5.41) is 8.40. The third-order valence-electron chi connectivity index (χ3n) is 1.56. The highest BCUT2D eigenvalue weighted by Gasteiger charge is 2.32. The lowest BCUT2D eigenvalue weighted by atomic mass is 10.2. The standard InChI is InChI=1S/C9H7F3N2O/c1-6-2-3-7(4-5-13)8(14-6)15-9(10,11)12/h2-3H,4H2,1H3. The first-order valence-electron chi connectivity index (χ1n) is 4.01. The summed E-state index contributed by atoms with van der Waals surface area (Å²) in [4.78, 5) is 3.58. The molecule has 3 nitrogen and oxygen atoms in total. The number of ether oxygens (including phenoxy) is 1. The normalized spacial score (nSPS) is 10.9.